The zero-order chi connectivity index (χ0) is 13.8. The Morgan fingerprint density at radius 1 is 1.16 bits per heavy atom. The molecule has 0 aliphatic carbocycles. The van der Waals surface area contributed by atoms with Gasteiger partial charge in [-0.3, -0.25) is 4.79 Å². The first-order valence-corrected chi connectivity index (χ1v) is 5.81. The highest BCUT2D eigenvalue weighted by atomic mass is 19.1. The van der Waals surface area contributed by atoms with Crippen molar-refractivity contribution in [2.75, 3.05) is 11.9 Å². The number of para-hydroxylation sites is 1. The molecule has 19 heavy (non-hydrogen) atoms. The summed E-state index contributed by atoms with van der Waals surface area (Å²) in [5.41, 5.74) is 1.21. The summed E-state index contributed by atoms with van der Waals surface area (Å²) in [4.78, 5) is 12.5. The van der Waals surface area contributed by atoms with Gasteiger partial charge in [0.2, 0.25) is 0 Å². The Balaban J connectivity index is 2.30. The van der Waals surface area contributed by atoms with E-state index in [1.807, 2.05) is 0 Å². The molecular formula is C15H13F2NO. The molecular weight excluding hydrogens is 248 g/mol. The van der Waals surface area contributed by atoms with Crippen LogP contribution in [0.25, 0.3) is 0 Å². The van der Waals surface area contributed by atoms with E-state index in [0.29, 0.717) is 18.4 Å². The van der Waals surface area contributed by atoms with E-state index in [1.54, 1.807) is 30.1 Å². The number of carbonyl (C=O) groups is 1. The van der Waals surface area contributed by atoms with E-state index < -0.39 is 5.82 Å². The molecule has 2 aromatic rings. The van der Waals surface area contributed by atoms with Crippen molar-refractivity contribution in [1.29, 1.82) is 0 Å². The molecule has 0 fully saturated rings. The largest absolute Gasteiger partial charge is 0.367 e. The van der Waals surface area contributed by atoms with Gasteiger partial charge >= 0.3 is 0 Å². The summed E-state index contributed by atoms with van der Waals surface area (Å²) in [6.07, 6.45) is 0.612. The zero-order valence-corrected chi connectivity index (χ0v) is 10.4. The molecule has 98 valence electrons. The Hall–Kier alpha value is -2.23. The van der Waals surface area contributed by atoms with Gasteiger partial charge in [0.15, 0.2) is 6.29 Å². The van der Waals surface area contributed by atoms with Gasteiger partial charge in [-0.05, 0) is 29.8 Å². The van der Waals surface area contributed by atoms with Crippen molar-refractivity contribution in [2.24, 2.45) is 0 Å². The number of hydrogen-bond donors (Lipinski definition) is 0. The summed E-state index contributed by atoms with van der Waals surface area (Å²) in [6, 6.07) is 10.4. The van der Waals surface area contributed by atoms with Gasteiger partial charge in [0.25, 0.3) is 0 Å². The number of carbonyl (C=O) groups excluding carboxylic acids is 1. The summed E-state index contributed by atoms with van der Waals surface area (Å²) in [5.74, 6) is -0.807. The summed E-state index contributed by atoms with van der Waals surface area (Å²) in [7, 11) is 1.66. The standard InChI is InChI=1S/C15H13F2NO/c1-18(9-11-4-2-6-13(16)8-11)15-12(10-19)5-3-7-14(15)17/h2-8,10H,9H2,1H3. The molecule has 0 saturated carbocycles. The first-order chi connectivity index (χ1) is 9.11. The molecule has 0 unspecified atom stereocenters. The maximum Gasteiger partial charge on any atom is 0.152 e. The van der Waals surface area contributed by atoms with Crippen LogP contribution in [0, 0.1) is 11.6 Å². The summed E-state index contributed by atoms with van der Waals surface area (Å²) >= 11 is 0. The van der Waals surface area contributed by atoms with Crippen LogP contribution in [0.5, 0.6) is 0 Å². The van der Waals surface area contributed by atoms with Crippen molar-refractivity contribution in [3.8, 4) is 0 Å². The summed E-state index contributed by atoms with van der Waals surface area (Å²) in [5, 5.41) is 0. The molecule has 0 saturated heterocycles. The quantitative estimate of drug-likeness (QED) is 0.786. The highest BCUT2D eigenvalue weighted by Crippen LogP contribution is 2.23. The smallest absolute Gasteiger partial charge is 0.152 e. The highest BCUT2D eigenvalue weighted by molar-refractivity contribution is 5.84. The molecule has 0 amide bonds. The number of aldehydes is 1. The fourth-order valence-corrected chi connectivity index (χ4v) is 2.02. The van der Waals surface area contributed by atoms with E-state index in [-0.39, 0.29) is 17.1 Å². The van der Waals surface area contributed by atoms with Gasteiger partial charge in [0.05, 0.1) is 5.69 Å². The van der Waals surface area contributed by atoms with Crippen LogP contribution in [0.4, 0.5) is 14.5 Å². The lowest BCUT2D eigenvalue weighted by atomic mass is 10.1. The summed E-state index contributed by atoms with van der Waals surface area (Å²) < 4.78 is 26.9. The third kappa shape index (κ3) is 2.96. The Morgan fingerprint density at radius 2 is 1.89 bits per heavy atom. The molecule has 0 N–H and O–H groups in total. The number of anilines is 1. The van der Waals surface area contributed by atoms with Crippen LogP contribution in [0.3, 0.4) is 0 Å². The van der Waals surface area contributed by atoms with Crippen molar-refractivity contribution < 1.29 is 13.6 Å². The highest BCUT2D eigenvalue weighted by Gasteiger charge is 2.13. The number of rotatable bonds is 4. The minimum Gasteiger partial charge on any atom is -0.367 e. The zero-order valence-electron chi connectivity index (χ0n) is 10.4. The number of hydrogen-bond acceptors (Lipinski definition) is 2. The van der Waals surface area contributed by atoms with Gasteiger partial charge in [-0.25, -0.2) is 8.78 Å². The molecule has 2 aromatic carbocycles. The van der Waals surface area contributed by atoms with Crippen molar-refractivity contribution in [1.82, 2.24) is 0 Å². The van der Waals surface area contributed by atoms with Crippen LogP contribution in [0.1, 0.15) is 15.9 Å². The third-order valence-corrected chi connectivity index (χ3v) is 2.84. The second-order valence-electron chi connectivity index (χ2n) is 4.28. The second kappa shape index (κ2) is 5.61. The van der Waals surface area contributed by atoms with Gasteiger partial charge < -0.3 is 4.90 Å². The molecule has 0 aliphatic rings. The monoisotopic (exact) mass is 261 g/mol. The van der Waals surface area contributed by atoms with Crippen LogP contribution < -0.4 is 4.90 Å². The van der Waals surface area contributed by atoms with Crippen molar-refractivity contribution in [3.63, 3.8) is 0 Å². The Labute approximate surface area is 110 Å². The predicted octanol–water partition coefficient (Wildman–Crippen LogP) is 3.41. The van der Waals surface area contributed by atoms with Crippen molar-refractivity contribution in [2.45, 2.75) is 6.54 Å². The molecule has 0 heterocycles. The molecule has 0 aromatic heterocycles. The maximum atomic E-state index is 13.8. The van der Waals surface area contributed by atoms with Gasteiger partial charge in [-0.2, -0.15) is 0 Å². The van der Waals surface area contributed by atoms with Crippen LogP contribution in [0.2, 0.25) is 0 Å². The molecule has 0 aliphatic heterocycles. The third-order valence-electron chi connectivity index (χ3n) is 2.84. The van der Waals surface area contributed by atoms with E-state index in [4.69, 9.17) is 0 Å². The lowest BCUT2D eigenvalue weighted by Crippen LogP contribution is -2.19. The van der Waals surface area contributed by atoms with Gasteiger partial charge in [0.1, 0.15) is 11.6 Å². The molecule has 2 rings (SSSR count). The molecule has 0 spiro atoms. The Morgan fingerprint density at radius 3 is 2.58 bits per heavy atom. The Bertz CT molecular complexity index is 598. The van der Waals surface area contributed by atoms with Crippen molar-refractivity contribution in [3.05, 3.63) is 65.2 Å². The normalized spacial score (nSPS) is 10.3. The minimum atomic E-state index is -0.469. The number of nitrogens with zero attached hydrogens (tertiary/aromatic N) is 1. The lowest BCUT2D eigenvalue weighted by molar-refractivity contribution is 0.112. The first kappa shape index (κ1) is 13.2. The first-order valence-electron chi connectivity index (χ1n) is 5.81. The average Bonchev–Trinajstić information content (AvgIpc) is 2.38. The van der Waals surface area contributed by atoms with Gasteiger partial charge in [-0.15, -0.1) is 0 Å². The van der Waals surface area contributed by atoms with Crippen LogP contribution in [0.15, 0.2) is 42.5 Å². The van der Waals surface area contributed by atoms with Crippen LogP contribution >= 0.6 is 0 Å². The maximum absolute atomic E-state index is 13.8. The number of halogens is 2. The average molecular weight is 261 g/mol. The van der Waals surface area contributed by atoms with E-state index in [9.17, 15) is 13.6 Å². The van der Waals surface area contributed by atoms with Gasteiger partial charge in [0, 0.05) is 19.2 Å². The molecule has 0 bridgehead atoms. The molecule has 4 heteroatoms. The van der Waals surface area contributed by atoms with Crippen LogP contribution in [-0.4, -0.2) is 13.3 Å². The molecule has 0 radical (unpaired) electrons. The fourth-order valence-electron chi connectivity index (χ4n) is 2.02. The van der Waals surface area contributed by atoms with E-state index >= 15 is 0 Å². The van der Waals surface area contributed by atoms with Crippen LogP contribution in [-0.2, 0) is 6.54 Å². The van der Waals surface area contributed by atoms with E-state index in [0.717, 1.165) is 0 Å². The molecule has 0 atom stereocenters. The number of benzene rings is 2. The van der Waals surface area contributed by atoms with Crippen molar-refractivity contribution >= 4 is 12.0 Å². The minimum absolute atomic E-state index is 0.224. The fraction of sp³-hybridized carbons (Fsp3) is 0.133. The second-order valence-corrected chi connectivity index (χ2v) is 4.28. The van der Waals surface area contributed by atoms with Gasteiger partial charge in [-0.1, -0.05) is 18.2 Å². The van der Waals surface area contributed by atoms with E-state index in [1.165, 1.54) is 24.3 Å². The predicted molar refractivity (Wildman–Crippen MR) is 70.3 cm³/mol. The summed E-state index contributed by atoms with van der Waals surface area (Å²) in [6.45, 7) is 0.319. The topological polar surface area (TPSA) is 20.3 Å². The SMILES string of the molecule is CN(Cc1cccc(F)c1)c1c(F)cccc1C=O. The van der Waals surface area contributed by atoms with E-state index in [2.05, 4.69) is 0 Å². The Kier molecular flexibility index (Phi) is 3.90. The molecule has 2 nitrogen and oxygen atoms in total. The lowest BCUT2D eigenvalue weighted by Gasteiger charge is -2.21.